The van der Waals surface area contributed by atoms with Crippen molar-refractivity contribution in [1.29, 1.82) is 0 Å². The van der Waals surface area contributed by atoms with E-state index in [2.05, 4.69) is 16.5 Å². The van der Waals surface area contributed by atoms with Crippen LogP contribution in [-0.2, 0) is 4.79 Å². The van der Waals surface area contributed by atoms with Crippen molar-refractivity contribution in [3.63, 3.8) is 0 Å². The molecular weight excluding hydrogens is 328 g/mol. The zero-order valence-corrected chi connectivity index (χ0v) is 14.3. The lowest BCUT2D eigenvalue weighted by Gasteiger charge is -2.06. The number of aromatic nitrogens is 2. The van der Waals surface area contributed by atoms with E-state index in [1.165, 1.54) is 11.3 Å². The molecule has 0 atom stereocenters. The molecule has 0 fully saturated rings. The van der Waals surface area contributed by atoms with Gasteiger partial charge in [0.05, 0.1) is 5.39 Å². The minimum absolute atomic E-state index is 0.432. The Morgan fingerprint density at radius 3 is 2.65 bits per heavy atom. The van der Waals surface area contributed by atoms with Crippen LogP contribution in [0.15, 0.2) is 41.9 Å². The van der Waals surface area contributed by atoms with Crippen LogP contribution in [0.2, 0.25) is 0 Å². The highest BCUT2D eigenvalue weighted by Gasteiger charge is 2.20. The molecule has 0 N–H and O–H groups in total. The summed E-state index contributed by atoms with van der Waals surface area (Å²) >= 11 is 2.88. The first kappa shape index (κ1) is 15.7. The Labute approximate surface area is 142 Å². The standard InChI is InChI=1S/C17H14N2O2S2/c1-10(2)12-13-15(22-3)18-14(11-7-5-4-6-8-11)19-16(13)23-17(12)21-9-20/h4-9H,1H2,2-3H3. The first-order valence-corrected chi connectivity index (χ1v) is 8.90. The predicted molar refractivity (Wildman–Crippen MR) is 96.0 cm³/mol. The van der Waals surface area contributed by atoms with Crippen molar-refractivity contribution in [2.75, 3.05) is 6.26 Å². The molecule has 2 heterocycles. The highest BCUT2D eigenvalue weighted by atomic mass is 32.2. The van der Waals surface area contributed by atoms with Gasteiger partial charge in [-0.1, -0.05) is 48.2 Å². The summed E-state index contributed by atoms with van der Waals surface area (Å²) in [5.74, 6) is 0.662. The van der Waals surface area contributed by atoms with Gasteiger partial charge in [0, 0.05) is 11.1 Å². The third kappa shape index (κ3) is 2.87. The van der Waals surface area contributed by atoms with Gasteiger partial charge in [0.15, 0.2) is 10.9 Å². The molecule has 0 aliphatic heterocycles. The molecule has 23 heavy (non-hydrogen) atoms. The van der Waals surface area contributed by atoms with Gasteiger partial charge < -0.3 is 4.74 Å². The van der Waals surface area contributed by atoms with E-state index in [9.17, 15) is 4.79 Å². The van der Waals surface area contributed by atoms with Crippen molar-refractivity contribution in [1.82, 2.24) is 9.97 Å². The van der Waals surface area contributed by atoms with Crippen molar-refractivity contribution in [3.05, 3.63) is 42.5 Å². The van der Waals surface area contributed by atoms with Gasteiger partial charge in [-0.15, -0.1) is 11.8 Å². The van der Waals surface area contributed by atoms with Crippen LogP contribution in [0.5, 0.6) is 5.06 Å². The molecule has 0 aliphatic carbocycles. The Kier molecular flexibility index (Phi) is 4.45. The van der Waals surface area contributed by atoms with E-state index >= 15 is 0 Å². The van der Waals surface area contributed by atoms with E-state index in [0.29, 0.717) is 17.4 Å². The maximum absolute atomic E-state index is 10.8. The molecule has 2 aromatic heterocycles. The summed E-state index contributed by atoms with van der Waals surface area (Å²) in [6, 6.07) is 9.81. The van der Waals surface area contributed by atoms with E-state index in [1.54, 1.807) is 11.8 Å². The van der Waals surface area contributed by atoms with Crippen molar-refractivity contribution in [2.24, 2.45) is 0 Å². The summed E-state index contributed by atoms with van der Waals surface area (Å²) in [4.78, 5) is 20.9. The normalized spacial score (nSPS) is 10.7. The van der Waals surface area contributed by atoms with Crippen LogP contribution in [-0.4, -0.2) is 22.7 Å². The fraction of sp³-hybridized carbons (Fsp3) is 0.118. The second-order valence-electron chi connectivity index (χ2n) is 4.86. The van der Waals surface area contributed by atoms with Crippen molar-refractivity contribution in [2.45, 2.75) is 11.9 Å². The van der Waals surface area contributed by atoms with Crippen molar-refractivity contribution >= 4 is 45.4 Å². The van der Waals surface area contributed by atoms with Gasteiger partial charge in [0.25, 0.3) is 6.47 Å². The van der Waals surface area contributed by atoms with Gasteiger partial charge in [-0.2, -0.15) is 0 Å². The summed E-state index contributed by atoms with van der Waals surface area (Å²) in [5, 5.41) is 2.26. The van der Waals surface area contributed by atoms with Crippen molar-refractivity contribution in [3.8, 4) is 16.5 Å². The number of benzene rings is 1. The molecule has 3 rings (SSSR count). The molecule has 116 valence electrons. The fourth-order valence-corrected chi connectivity index (χ4v) is 4.05. The molecule has 0 spiro atoms. The molecule has 1 aromatic carbocycles. The molecular formula is C17H14N2O2S2. The number of thioether (sulfide) groups is 1. The third-order valence-electron chi connectivity index (χ3n) is 3.29. The maximum Gasteiger partial charge on any atom is 0.299 e. The van der Waals surface area contributed by atoms with Gasteiger partial charge in [-0.05, 0) is 18.8 Å². The second kappa shape index (κ2) is 6.52. The molecule has 0 bridgehead atoms. The van der Waals surface area contributed by atoms with E-state index < -0.39 is 0 Å². The molecule has 0 saturated carbocycles. The lowest BCUT2D eigenvalue weighted by molar-refractivity contribution is -0.120. The monoisotopic (exact) mass is 342 g/mol. The topological polar surface area (TPSA) is 52.1 Å². The van der Waals surface area contributed by atoms with E-state index in [4.69, 9.17) is 4.74 Å². The molecule has 6 heteroatoms. The van der Waals surface area contributed by atoms with Gasteiger partial charge in [-0.25, -0.2) is 9.97 Å². The van der Waals surface area contributed by atoms with Crippen LogP contribution >= 0.6 is 23.1 Å². The SMILES string of the molecule is C=C(C)c1c(OC=O)sc2nc(-c3ccccc3)nc(SC)c12. The number of hydrogen-bond acceptors (Lipinski definition) is 6. The average Bonchev–Trinajstić information content (AvgIpc) is 2.93. The highest BCUT2D eigenvalue weighted by molar-refractivity contribution is 7.98. The molecule has 0 radical (unpaired) electrons. The van der Waals surface area contributed by atoms with Gasteiger partial charge in [-0.3, -0.25) is 4.79 Å². The Balaban J connectivity index is 2.31. The fourth-order valence-electron chi connectivity index (χ4n) is 2.33. The zero-order valence-electron chi connectivity index (χ0n) is 12.7. The number of ether oxygens (including phenoxy) is 1. The number of carbonyl (C=O) groups excluding carboxylic acids is 1. The average molecular weight is 342 g/mol. The smallest absolute Gasteiger partial charge is 0.299 e. The van der Waals surface area contributed by atoms with Crippen LogP contribution in [0.4, 0.5) is 0 Å². The lowest BCUT2D eigenvalue weighted by atomic mass is 10.1. The number of fused-ring (bicyclic) bond motifs is 1. The van der Waals surface area contributed by atoms with Gasteiger partial charge in [0.2, 0.25) is 0 Å². The van der Waals surface area contributed by atoms with Gasteiger partial charge >= 0.3 is 0 Å². The Morgan fingerprint density at radius 1 is 1.30 bits per heavy atom. The van der Waals surface area contributed by atoms with Crippen LogP contribution in [0, 0.1) is 0 Å². The minimum Gasteiger partial charge on any atom is -0.417 e. The van der Waals surface area contributed by atoms with Crippen LogP contribution in [0.25, 0.3) is 27.2 Å². The molecule has 4 nitrogen and oxygen atoms in total. The molecule has 0 saturated heterocycles. The number of nitrogens with zero attached hydrogens (tertiary/aromatic N) is 2. The van der Waals surface area contributed by atoms with Crippen LogP contribution in [0.1, 0.15) is 12.5 Å². The summed E-state index contributed by atoms with van der Waals surface area (Å²) in [6.07, 6.45) is 1.97. The molecule has 0 amide bonds. The molecule has 0 aliphatic rings. The maximum atomic E-state index is 10.8. The van der Waals surface area contributed by atoms with E-state index in [-0.39, 0.29) is 0 Å². The Morgan fingerprint density at radius 2 is 2.04 bits per heavy atom. The quantitative estimate of drug-likeness (QED) is 0.384. The van der Waals surface area contributed by atoms with Crippen molar-refractivity contribution < 1.29 is 9.53 Å². The molecule has 3 aromatic rings. The summed E-state index contributed by atoms with van der Waals surface area (Å²) < 4.78 is 5.13. The second-order valence-corrected chi connectivity index (χ2v) is 6.62. The van der Waals surface area contributed by atoms with Crippen LogP contribution in [0.3, 0.4) is 0 Å². The summed E-state index contributed by atoms with van der Waals surface area (Å²) in [7, 11) is 0. The Bertz CT molecular complexity index is 888. The van der Waals surface area contributed by atoms with Crippen LogP contribution < -0.4 is 4.74 Å². The number of carbonyl (C=O) groups is 1. The number of thiophene rings is 1. The van der Waals surface area contributed by atoms with Gasteiger partial charge in [0.1, 0.15) is 9.86 Å². The highest BCUT2D eigenvalue weighted by Crippen LogP contribution is 2.44. The predicted octanol–water partition coefficient (Wildman–Crippen LogP) is 4.65. The lowest BCUT2D eigenvalue weighted by Crippen LogP contribution is -1.93. The zero-order chi connectivity index (χ0) is 16.4. The van der Waals surface area contributed by atoms with E-state index in [0.717, 1.165) is 31.9 Å². The molecule has 0 unspecified atom stereocenters. The largest absolute Gasteiger partial charge is 0.417 e. The number of hydrogen-bond donors (Lipinski definition) is 0. The Hall–Kier alpha value is -2.18. The minimum atomic E-state index is 0.432. The number of allylic oxidation sites excluding steroid dienone is 1. The summed E-state index contributed by atoms with van der Waals surface area (Å²) in [6.45, 7) is 6.31. The van der Waals surface area contributed by atoms with E-state index in [1.807, 2.05) is 43.5 Å². The third-order valence-corrected chi connectivity index (χ3v) is 4.95. The first-order chi connectivity index (χ1) is 11.2. The first-order valence-electron chi connectivity index (χ1n) is 6.85. The summed E-state index contributed by atoms with van der Waals surface area (Å²) in [5.41, 5.74) is 2.58. The number of rotatable bonds is 5.